The van der Waals surface area contributed by atoms with Crippen LogP contribution in [0.4, 0.5) is 0 Å². The summed E-state index contributed by atoms with van der Waals surface area (Å²) in [7, 11) is -4.03. The number of carbonyl (C=O) groups excluding carboxylic acids is 2. The quantitative estimate of drug-likeness (QED) is 0.143. The third-order valence-corrected chi connectivity index (χ3v) is 11.4. The highest BCUT2D eigenvalue weighted by Crippen LogP contribution is 2.27. The number of hydrogen-bond donors (Lipinski definition) is 0. The van der Waals surface area contributed by atoms with Gasteiger partial charge in [0, 0.05) is 22.3 Å². The molecule has 0 N–H and O–H groups in total. The Morgan fingerprint density at radius 1 is 0.474 bits per heavy atom. The fourth-order valence-corrected chi connectivity index (χ4v) is 10.8. The average molecular weight is 539 g/mol. The van der Waals surface area contributed by atoms with Gasteiger partial charge in [0.05, 0.1) is 0 Å². The van der Waals surface area contributed by atoms with E-state index in [1.54, 1.807) is 0 Å². The van der Waals surface area contributed by atoms with Gasteiger partial charge in [-0.05, 0) is 86.8 Å². The lowest BCUT2D eigenvalue weighted by molar-refractivity contribution is 0.103. The molecule has 6 heteroatoms. The van der Waals surface area contributed by atoms with Crippen molar-refractivity contribution in [1.82, 2.24) is 0 Å². The highest BCUT2D eigenvalue weighted by atomic mass is 28.4. The summed E-state index contributed by atoms with van der Waals surface area (Å²) in [6.45, 7) is 8.85. The Morgan fingerprint density at radius 3 is 1.08 bits per heavy atom. The Bertz CT molecular complexity index is 1260. The van der Waals surface area contributed by atoms with Crippen LogP contribution in [0.1, 0.15) is 31.8 Å². The molecule has 0 aliphatic carbocycles. The highest BCUT2D eigenvalue weighted by molar-refractivity contribution is 6.77. The smallest absolute Gasteiger partial charge is 0.245 e. The molecule has 0 heterocycles. The second-order valence-electron chi connectivity index (χ2n) is 10.7. The molecule has 0 fully saturated rings. The lowest BCUT2D eigenvalue weighted by atomic mass is 10.0. The first-order valence-electron chi connectivity index (χ1n) is 12.9. The van der Waals surface area contributed by atoms with Crippen molar-refractivity contribution in [2.24, 2.45) is 0 Å². The van der Waals surface area contributed by atoms with Crippen LogP contribution < -0.4 is 8.85 Å². The minimum atomic E-state index is -2.02. The lowest BCUT2D eigenvalue weighted by Gasteiger charge is -2.29. The van der Waals surface area contributed by atoms with E-state index in [-0.39, 0.29) is 11.6 Å². The number of hydrogen-bond acceptors (Lipinski definition) is 4. The maximum absolute atomic E-state index is 12.7. The van der Waals surface area contributed by atoms with Gasteiger partial charge < -0.3 is 8.85 Å². The van der Waals surface area contributed by atoms with Crippen molar-refractivity contribution in [3.63, 3.8) is 0 Å². The summed E-state index contributed by atoms with van der Waals surface area (Å²) < 4.78 is 12.9. The molecule has 38 heavy (non-hydrogen) atoms. The molecule has 0 unspecified atom stereocenters. The van der Waals surface area contributed by atoms with Gasteiger partial charge in [0.1, 0.15) is 11.5 Å². The van der Waals surface area contributed by atoms with Crippen molar-refractivity contribution in [2.75, 3.05) is 0 Å². The minimum absolute atomic E-state index is 0.0102. The molecule has 0 atom stereocenters. The van der Waals surface area contributed by atoms with Crippen LogP contribution in [0.5, 0.6) is 11.5 Å². The molecule has 0 aliphatic heterocycles. The second-order valence-corrected chi connectivity index (χ2v) is 19.1. The van der Waals surface area contributed by atoms with Gasteiger partial charge in [-0.3, -0.25) is 9.59 Å². The Kier molecular flexibility index (Phi) is 8.44. The summed E-state index contributed by atoms with van der Waals surface area (Å²) in [6, 6.07) is 35.4. The lowest BCUT2D eigenvalue weighted by Crippen LogP contribution is -2.40. The Morgan fingerprint density at radius 2 is 0.763 bits per heavy atom. The predicted molar refractivity (Wildman–Crippen MR) is 158 cm³/mol. The van der Waals surface area contributed by atoms with Crippen LogP contribution in [0.2, 0.25) is 38.3 Å². The normalized spacial score (nSPS) is 11.6. The Hall–Kier alpha value is -3.75. The zero-order chi connectivity index (χ0) is 27.2. The number of benzene rings is 4. The van der Waals surface area contributed by atoms with Gasteiger partial charge in [-0.25, -0.2) is 0 Å². The summed E-state index contributed by atoms with van der Waals surface area (Å²) in [5.74, 6) is 1.61. The van der Waals surface area contributed by atoms with Gasteiger partial charge >= 0.3 is 0 Å². The second kappa shape index (κ2) is 11.8. The van der Waals surface area contributed by atoms with Crippen LogP contribution in [0.25, 0.3) is 0 Å². The monoisotopic (exact) mass is 538 g/mol. The molecule has 0 bridgehead atoms. The van der Waals surface area contributed by atoms with E-state index in [0.29, 0.717) is 22.3 Å². The van der Waals surface area contributed by atoms with E-state index in [9.17, 15) is 9.59 Å². The SMILES string of the molecule is C[Si](C)(CC[Si](C)(C)Oc1ccc(C(=O)c2ccccc2)cc1)Oc1ccc(C(=O)c2ccccc2)cc1. The molecule has 4 nitrogen and oxygen atoms in total. The van der Waals surface area contributed by atoms with Crippen LogP contribution >= 0.6 is 0 Å². The average Bonchev–Trinajstić information content (AvgIpc) is 2.93. The topological polar surface area (TPSA) is 52.6 Å². The summed E-state index contributed by atoms with van der Waals surface area (Å²) in [6.07, 6.45) is 0. The molecule has 194 valence electrons. The standard InChI is InChI=1S/C32H34O4Si2/c1-37(2,35-29-19-15-27(16-20-29)31(33)25-11-7-5-8-12-25)23-24-38(3,4)36-30-21-17-28(18-22-30)32(34)26-13-9-6-10-14-26/h5-22H,23-24H2,1-4H3. The van der Waals surface area contributed by atoms with E-state index < -0.39 is 16.6 Å². The first kappa shape index (κ1) is 27.3. The van der Waals surface area contributed by atoms with Gasteiger partial charge in [-0.1, -0.05) is 60.7 Å². The van der Waals surface area contributed by atoms with E-state index in [1.165, 1.54) is 0 Å². The van der Waals surface area contributed by atoms with Gasteiger partial charge in [0.15, 0.2) is 11.6 Å². The molecule has 0 radical (unpaired) electrons. The van der Waals surface area contributed by atoms with E-state index in [4.69, 9.17) is 8.85 Å². The van der Waals surface area contributed by atoms with Crippen LogP contribution in [0, 0.1) is 0 Å². The first-order valence-corrected chi connectivity index (χ1v) is 19.1. The molecule has 0 amide bonds. The molecule has 4 aromatic carbocycles. The molecule has 0 aliphatic rings. The van der Waals surface area contributed by atoms with Crippen molar-refractivity contribution in [2.45, 2.75) is 38.3 Å². The Labute approximate surface area is 227 Å². The molecule has 0 saturated carbocycles. The van der Waals surface area contributed by atoms with Gasteiger partial charge in [0.25, 0.3) is 0 Å². The predicted octanol–water partition coefficient (Wildman–Crippen LogP) is 8.02. The maximum atomic E-state index is 12.7. The zero-order valence-electron chi connectivity index (χ0n) is 22.4. The van der Waals surface area contributed by atoms with E-state index in [0.717, 1.165) is 23.6 Å². The summed E-state index contributed by atoms with van der Waals surface area (Å²) in [5, 5.41) is 0. The molecule has 4 aromatic rings. The molecule has 4 rings (SSSR count). The largest absolute Gasteiger partial charge is 0.544 e. The fraction of sp³-hybridized carbons (Fsp3) is 0.188. The summed E-state index contributed by atoms with van der Waals surface area (Å²) in [5.41, 5.74) is 2.67. The third kappa shape index (κ3) is 7.40. The van der Waals surface area contributed by atoms with Gasteiger partial charge in [-0.15, -0.1) is 0 Å². The van der Waals surface area contributed by atoms with Crippen molar-refractivity contribution in [3.05, 3.63) is 131 Å². The number of ketones is 2. The van der Waals surface area contributed by atoms with Gasteiger partial charge in [-0.2, -0.15) is 0 Å². The van der Waals surface area contributed by atoms with Crippen LogP contribution in [0.3, 0.4) is 0 Å². The molecular formula is C32H34O4Si2. The Balaban J connectivity index is 1.31. The minimum Gasteiger partial charge on any atom is -0.544 e. The number of rotatable bonds is 11. The molecular weight excluding hydrogens is 505 g/mol. The van der Waals surface area contributed by atoms with Crippen LogP contribution in [-0.4, -0.2) is 28.2 Å². The summed E-state index contributed by atoms with van der Waals surface area (Å²) in [4.78, 5) is 25.3. The van der Waals surface area contributed by atoms with Crippen molar-refractivity contribution < 1.29 is 18.4 Å². The molecule has 0 spiro atoms. The molecule has 0 aromatic heterocycles. The third-order valence-electron chi connectivity index (χ3n) is 6.42. The van der Waals surface area contributed by atoms with E-state index >= 15 is 0 Å². The first-order chi connectivity index (χ1) is 18.1. The van der Waals surface area contributed by atoms with Crippen molar-refractivity contribution >= 4 is 28.2 Å². The van der Waals surface area contributed by atoms with Crippen LogP contribution in [0.15, 0.2) is 109 Å². The summed E-state index contributed by atoms with van der Waals surface area (Å²) >= 11 is 0. The fourth-order valence-electron chi connectivity index (χ4n) is 4.20. The maximum Gasteiger partial charge on any atom is 0.245 e. The zero-order valence-corrected chi connectivity index (χ0v) is 24.4. The van der Waals surface area contributed by atoms with Gasteiger partial charge in [0.2, 0.25) is 16.6 Å². The number of carbonyl (C=O) groups is 2. The highest BCUT2D eigenvalue weighted by Gasteiger charge is 2.32. The van der Waals surface area contributed by atoms with E-state index in [1.807, 2.05) is 109 Å². The van der Waals surface area contributed by atoms with Crippen molar-refractivity contribution in [1.29, 1.82) is 0 Å². The van der Waals surface area contributed by atoms with E-state index in [2.05, 4.69) is 26.2 Å². The molecule has 0 saturated heterocycles. The van der Waals surface area contributed by atoms with Crippen molar-refractivity contribution in [3.8, 4) is 11.5 Å². The van der Waals surface area contributed by atoms with Crippen LogP contribution in [-0.2, 0) is 0 Å².